The summed E-state index contributed by atoms with van der Waals surface area (Å²) < 4.78 is 10.00. The van der Waals surface area contributed by atoms with E-state index in [9.17, 15) is 5.11 Å². The van der Waals surface area contributed by atoms with Crippen molar-refractivity contribution in [3.63, 3.8) is 0 Å². The first-order valence-electron chi connectivity index (χ1n) is 13.2. The molecule has 1 saturated heterocycles. The Hall–Kier alpha value is -3.75. The summed E-state index contributed by atoms with van der Waals surface area (Å²) in [4.78, 5) is 5.01. The zero-order valence-electron chi connectivity index (χ0n) is 22.3. The summed E-state index contributed by atoms with van der Waals surface area (Å²) in [5.41, 5.74) is 6.07. The predicted octanol–water partition coefficient (Wildman–Crippen LogP) is 5.27. The van der Waals surface area contributed by atoms with Crippen LogP contribution >= 0.6 is 0 Å². The van der Waals surface area contributed by atoms with E-state index in [2.05, 4.69) is 68.7 Å². The Labute approximate surface area is 222 Å². The highest BCUT2D eigenvalue weighted by atomic mass is 16.5. The Balaban J connectivity index is 1.69. The van der Waals surface area contributed by atoms with Gasteiger partial charge in [0, 0.05) is 44.5 Å². The number of nitrogens with one attached hydrogen (secondary N) is 1. The molecule has 0 bridgehead atoms. The topological polar surface area (TPSA) is 90.0 Å². The Kier molecular flexibility index (Phi) is 6.16. The summed E-state index contributed by atoms with van der Waals surface area (Å²) >= 11 is 0. The molecular weight excluding hydrogens is 476 g/mol. The first-order valence-corrected chi connectivity index (χ1v) is 13.2. The number of rotatable bonds is 6. The molecule has 1 atom stereocenters. The molecule has 3 aromatic heterocycles. The summed E-state index contributed by atoms with van der Waals surface area (Å²) in [5, 5.41) is 23.7. The standard InChI is InChI=1S/C30H34N6O2/c1-30(2,37)22-10-11-23-24(17-22)36(27(19-8-6-5-7-9-19)20-12-14-38-15-13-20)25-16-21(18-32-26(23)25)28-29(31-3)33-34-35(28)4/h5-11,16-18,20,27,31,37H,12-15H2,1-4H3/t27-/m1/s1. The van der Waals surface area contributed by atoms with Crippen LogP contribution in [0.5, 0.6) is 0 Å². The van der Waals surface area contributed by atoms with Gasteiger partial charge in [0.25, 0.3) is 0 Å². The Morgan fingerprint density at radius 1 is 1.05 bits per heavy atom. The van der Waals surface area contributed by atoms with Gasteiger partial charge in [-0.25, -0.2) is 4.68 Å². The molecule has 0 spiro atoms. The van der Waals surface area contributed by atoms with E-state index in [4.69, 9.17) is 9.72 Å². The molecule has 1 fully saturated rings. The van der Waals surface area contributed by atoms with E-state index >= 15 is 0 Å². The third kappa shape index (κ3) is 4.14. The fraction of sp³-hybridized carbons (Fsp3) is 0.367. The van der Waals surface area contributed by atoms with Crippen molar-refractivity contribution in [1.82, 2.24) is 24.5 Å². The van der Waals surface area contributed by atoms with E-state index in [-0.39, 0.29) is 6.04 Å². The smallest absolute Gasteiger partial charge is 0.176 e. The average Bonchev–Trinajstić information content (AvgIpc) is 3.46. The molecule has 8 heteroatoms. The molecule has 1 aliphatic rings. The van der Waals surface area contributed by atoms with E-state index < -0.39 is 5.60 Å². The molecule has 5 aromatic rings. The van der Waals surface area contributed by atoms with Crippen LogP contribution in [0.25, 0.3) is 33.2 Å². The number of aromatic nitrogens is 5. The molecule has 4 heterocycles. The van der Waals surface area contributed by atoms with Gasteiger partial charge in [0.05, 0.1) is 28.2 Å². The first kappa shape index (κ1) is 24.6. The SMILES string of the molecule is CNc1nnn(C)c1-c1cnc2c3ccc(C(C)(C)O)cc3n([C@H](c3ccccc3)C3CCOCC3)c2c1. The molecule has 38 heavy (non-hydrogen) atoms. The lowest BCUT2D eigenvalue weighted by Gasteiger charge is -2.33. The van der Waals surface area contributed by atoms with E-state index in [1.54, 1.807) is 4.68 Å². The number of anilines is 1. The number of ether oxygens (including phenoxy) is 1. The molecule has 8 nitrogen and oxygen atoms in total. The minimum atomic E-state index is -0.961. The van der Waals surface area contributed by atoms with Crippen LogP contribution in [0.4, 0.5) is 5.82 Å². The number of fused-ring (bicyclic) bond motifs is 3. The third-order valence-electron chi connectivity index (χ3n) is 7.81. The molecule has 0 radical (unpaired) electrons. The van der Waals surface area contributed by atoms with Crippen molar-refractivity contribution in [2.75, 3.05) is 25.6 Å². The molecule has 196 valence electrons. The number of nitrogens with zero attached hydrogens (tertiary/aromatic N) is 5. The number of hydrogen-bond donors (Lipinski definition) is 2. The van der Waals surface area contributed by atoms with Crippen LogP contribution in [0.1, 0.15) is 43.9 Å². The van der Waals surface area contributed by atoms with Crippen molar-refractivity contribution in [2.24, 2.45) is 13.0 Å². The van der Waals surface area contributed by atoms with Crippen LogP contribution in [0.15, 0.2) is 60.8 Å². The van der Waals surface area contributed by atoms with Crippen molar-refractivity contribution in [3.05, 3.63) is 71.9 Å². The molecule has 0 amide bonds. The second kappa shape index (κ2) is 9.53. The summed E-state index contributed by atoms with van der Waals surface area (Å²) in [6.07, 6.45) is 3.87. The minimum Gasteiger partial charge on any atom is -0.386 e. The fourth-order valence-corrected chi connectivity index (χ4v) is 5.88. The maximum atomic E-state index is 10.9. The van der Waals surface area contributed by atoms with Gasteiger partial charge in [0.1, 0.15) is 5.69 Å². The zero-order valence-corrected chi connectivity index (χ0v) is 22.3. The van der Waals surface area contributed by atoms with Gasteiger partial charge in [-0.1, -0.05) is 47.7 Å². The van der Waals surface area contributed by atoms with Gasteiger partial charge in [-0.3, -0.25) is 4.98 Å². The fourth-order valence-electron chi connectivity index (χ4n) is 5.88. The Morgan fingerprint density at radius 2 is 1.82 bits per heavy atom. The summed E-state index contributed by atoms with van der Waals surface area (Å²) in [6.45, 7) is 5.18. The van der Waals surface area contributed by atoms with Gasteiger partial charge in [-0.05, 0) is 55.9 Å². The summed E-state index contributed by atoms with van der Waals surface area (Å²) in [5.74, 6) is 1.11. The molecule has 0 aliphatic carbocycles. The van der Waals surface area contributed by atoms with Crippen molar-refractivity contribution in [1.29, 1.82) is 0 Å². The van der Waals surface area contributed by atoms with Gasteiger partial charge < -0.3 is 19.7 Å². The lowest BCUT2D eigenvalue weighted by Crippen LogP contribution is -2.27. The van der Waals surface area contributed by atoms with Crippen molar-refractivity contribution >= 4 is 27.8 Å². The van der Waals surface area contributed by atoms with Crippen LogP contribution in [-0.4, -0.2) is 49.9 Å². The highest BCUT2D eigenvalue weighted by Crippen LogP contribution is 2.42. The molecule has 0 unspecified atom stereocenters. The summed E-state index contributed by atoms with van der Waals surface area (Å²) in [6, 6.07) is 19.3. The molecule has 0 saturated carbocycles. The monoisotopic (exact) mass is 510 g/mol. The van der Waals surface area contributed by atoms with E-state index in [1.165, 1.54) is 5.56 Å². The zero-order chi connectivity index (χ0) is 26.4. The second-order valence-electron chi connectivity index (χ2n) is 10.7. The summed E-state index contributed by atoms with van der Waals surface area (Å²) in [7, 11) is 3.75. The van der Waals surface area contributed by atoms with E-state index in [0.717, 1.165) is 64.8 Å². The number of aryl methyl sites for hydroxylation is 1. The number of benzene rings is 2. The van der Waals surface area contributed by atoms with Crippen LogP contribution in [-0.2, 0) is 17.4 Å². The van der Waals surface area contributed by atoms with Crippen LogP contribution < -0.4 is 5.32 Å². The molecule has 2 N–H and O–H groups in total. The lowest BCUT2D eigenvalue weighted by atomic mass is 9.86. The highest BCUT2D eigenvalue weighted by molar-refractivity contribution is 6.07. The predicted molar refractivity (Wildman–Crippen MR) is 150 cm³/mol. The third-order valence-corrected chi connectivity index (χ3v) is 7.81. The minimum absolute atomic E-state index is 0.0858. The lowest BCUT2D eigenvalue weighted by molar-refractivity contribution is 0.0552. The van der Waals surface area contributed by atoms with Gasteiger partial charge in [0.15, 0.2) is 5.82 Å². The quantitative estimate of drug-likeness (QED) is 0.323. The van der Waals surface area contributed by atoms with Crippen molar-refractivity contribution < 1.29 is 9.84 Å². The average molecular weight is 511 g/mol. The number of aliphatic hydroxyl groups is 1. The van der Waals surface area contributed by atoms with Gasteiger partial charge in [0.2, 0.25) is 0 Å². The highest BCUT2D eigenvalue weighted by Gasteiger charge is 2.31. The second-order valence-corrected chi connectivity index (χ2v) is 10.7. The van der Waals surface area contributed by atoms with Gasteiger partial charge in [-0.15, -0.1) is 5.10 Å². The van der Waals surface area contributed by atoms with Crippen molar-refractivity contribution in [3.8, 4) is 11.3 Å². The molecular formula is C30H34N6O2. The van der Waals surface area contributed by atoms with Gasteiger partial charge in [-0.2, -0.15) is 0 Å². The van der Waals surface area contributed by atoms with Crippen LogP contribution in [0, 0.1) is 5.92 Å². The molecule has 1 aliphatic heterocycles. The number of hydrogen-bond acceptors (Lipinski definition) is 6. The first-order chi connectivity index (χ1) is 18.4. The van der Waals surface area contributed by atoms with Gasteiger partial charge >= 0.3 is 0 Å². The Bertz CT molecular complexity index is 1590. The van der Waals surface area contributed by atoms with E-state index in [0.29, 0.717) is 11.7 Å². The normalized spacial score (nSPS) is 15.8. The van der Waals surface area contributed by atoms with Crippen molar-refractivity contribution in [2.45, 2.75) is 38.3 Å². The van der Waals surface area contributed by atoms with Crippen LogP contribution in [0.2, 0.25) is 0 Å². The maximum absolute atomic E-state index is 10.9. The van der Waals surface area contributed by atoms with Crippen LogP contribution in [0.3, 0.4) is 0 Å². The van der Waals surface area contributed by atoms with E-state index in [1.807, 2.05) is 40.2 Å². The number of pyridine rings is 1. The maximum Gasteiger partial charge on any atom is 0.176 e. The molecule has 2 aromatic carbocycles. The molecule has 6 rings (SSSR count). The largest absolute Gasteiger partial charge is 0.386 e. The Morgan fingerprint density at radius 3 is 2.53 bits per heavy atom.